The normalized spacial score (nSPS) is 13.7. The van der Waals surface area contributed by atoms with Gasteiger partial charge in [-0.3, -0.25) is 9.59 Å². The van der Waals surface area contributed by atoms with Gasteiger partial charge in [0.1, 0.15) is 5.75 Å². The Bertz CT molecular complexity index is 1190. The van der Waals surface area contributed by atoms with Crippen LogP contribution in [0.4, 0.5) is 11.4 Å². The molecular formula is C27H30ClN3O3S. The van der Waals surface area contributed by atoms with Crippen molar-refractivity contribution in [1.29, 1.82) is 0 Å². The van der Waals surface area contributed by atoms with Gasteiger partial charge in [-0.15, -0.1) is 11.3 Å². The summed E-state index contributed by atoms with van der Waals surface area (Å²) in [4.78, 5) is 29.9. The molecule has 8 heteroatoms. The molecule has 35 heavy (non-hydrogen) atoms. The molecule has 0 radical (unpaired) electrons. The molecule has 1 N–H and O–H groups in total. The average Bonchev–Trinajstić information content (AvgIpc) is 3.37. The van der Waals surface area contributed by atoms with Crippen LogP contribution in [0.3, 0.4) is 0 Å². The van der Waals surface area contributed by atoms with Gasteiger partial charge in [0.05, 0.1) is 15.6 Å². The standard InChI is InChI=1S/C27H30ClN3O3S/c1-18(2)21-8-6-19(3)15-24(21)34-17-26(32)29-20-7-9-23(22(28)16-20)30-10-12-31(13-11-30)27(33)25-5-4-14-35-25/h4-9,14-16,18H,10-13,17H2,1-3H3,(H,29,32). The molecule has 1 aliphatic rings. The van der Waals surface area contributed by atoms with Gasteiger partial charge < -0.3 is 19.9 Å². The van der Waals surface area contributed by atoms with Crippen LogP contribution in [0, 0.1) is 6.92 Å². The highest BCUT2D eigenvalue weighted by Gasteiger charge is 2.24. The number of carbonyl (C=O) groups excluding carboxylic acids is 2. The maximum absolute atomic E-state index is 12.6. The number of aryl methyl sites for hydroxylation is 1. The number of carbonyl (C=O) groups is 2. The molecule has 2 heterocycles. The van der Waals surface area contributed by atoms with Gasteiger partial charge in [-0.2, -0.15) is 0 Å². The highest BCUT2D eigenvalue weighted by molar-refractivity contribution is 7.12. The Morgan fingerprint density at radius 3 is 2.51 bits per heavy atom. The van der Waals surface area contributed by atoms with Gasteiger partial charge >= 0.3 is 0 Å². The van der Waals surface area contributed by atoms with Gasteiger partial charge in [-0.25, -0.2) is 0 Å². The zero-order valence-corrected chi connectivity index (χ0v) is 21.8. The van der Waals surface area contributed by atoms with Gasteiger partial charge in [0.25, 0.3) is 11.8 Å². The van der Waals surface area contributed by atoms with Gasteiger partial charge in [-0.1, -0.05) is 43.6 Å². The molecule has 0 atom stereocenters. The molecule has 6 nitrogen and oxygen atoms in total. The summed E-state index contributed by atoms with van der Waals surface area (Å²) in [6.07, 6.45) is 0. The van der Waals surface area contributed by atoms with Crippen LogP contribution in [-0.4, -0.2) is 49.5 Å². The minimum atomic E-state index is -0.245. The number of piperazine rings is 1. The molecular weight excluding hydrogens is 482 g/mol. The zero-order chi connectivity index (χ0) is 24.9. The molecule has 184 valence electrons. The van der Waals surface area contributed by atoms with Crippen molar-refractivity contribution in [2.45, 2.75) is 26.7 Å². The van der Waals surface area contributed by atoms with Crippen molar-refractivity contribution in [2.24, 2.45) is 0 Å². The maximum atomic E-state index is 12.6. The van der Waals surface area contributed by atoms with Crippen molar-refractivity contribution >= 4 is 46.1 Å². The highest BCUT2D eigenvalue weighted by Crippen LogP contribution is 2.30. The fourth-order valence-electron chi connectivity index (χ4n) is 4.13. The summed E-state index contributed by atoms with van der Waals surface area (Å²) in [5.41, 5.74) is 3.68. The minimum Gasteiger partial charge on any atom is -0.483 e. The van der Waals surface area contributed by atoms with E-state index in [1.807, 2.05) is 59.7 Å². The number of thiophene rings is 1. The van der Waals surface area contributed by atoms with E-state index in [-0.39, 0.29) is 18.4 Å². The van der Waals surface area contributed by atoms with E-state index >= 15 is 0 Å². The molecule has 0 saturated carbocycles. The Hall–Kier alpha value is -3.03. The molecule has 2 aromatic carbocycles. The van der Waals surface area contributed by atoms with Crippen molar-refractivity contribution in [3.8, 4) is 5.75 Å². The van der Waals surface area contributed by atoms with E-state index < -0.39 is 0 Å². The quantitative estimate of drug-likeness (QED) is 0.434. The molecule has 0 spiro atoms. The van der Waals surface area contributed by atoms with Crippen LogP contribution < -0.4 is 15.0 Å². The summed E-state index contributed by atoms with van der Waals surface area (Å²) in [7, 11) is 0. The first-order chi connectivity index (χ1) is 16.8. The average molecular weight is 512 g/mol. The van der Waals surface area contributed by atoms with E-state index in [2.05, 4.69) is 24.1 Å². The molecule has 1 aromatic heterocycles. The fourth-order valence-corrected chi connectivity index (χ4v) is 5.12. The first-order valence-corrected chi connectivity index (χ1v) is 13.0. The lowest BCUT2D eigenvalue weighted by Crippen LogP contribution is -2.48. The predicted octanol–water partition coefficient (Wildman–Crippen LogP) is 5.81. The molecule has 3 aromatic rings. The Morgan fingerprint density at radius 1 is 1.09 bits per heavy atom. The number of benzene rings is 2. The minimum absolute atomic E-state index is 0.0806. The van der Waals surface area contributed by atoms with Crippen molar-refractivity contribution < 1.29 is 14.3 Å². The topological polar surface area (TPSA) is 61.9 Å². The fraction of sp³-hybridized carbons (Fsp3) is 0.333. The van der Waals surface area contributed by atoms with Crippen molar-refractivity contribution in [3.05, 3.63) is 74.9 Å². The van der Waals surface area contributed by atoms with Crippen LogP contribution in [0.1, 0.15) is 40.6 Å². The van der Waals surface area contributed by atoms with Crippen LogP contribution in [-0.2, 0) is 4.79 Å². The first kappa shape index (κ1) is 25.1. The lowest BCUT2D eigenvalue weighted by atomic mass is 10.0. The number of amides is 2. The number of nitrogens with one attached hydrogen (secondary N) is 1. The van der Waals surface area contributed by atoms with E-state index in [4.69, 9.17) is 16.3 Å². The summed E-state index contributed by atoms with van der Waals surface area (Å²) >= 11 is 8.04. The smallest absolute Gasteiger partial charge is 0.264 e. The van der Waals surface area contributed by atoms with E-state index in [1.165, 1.54) is 11.3 Å². The third kappa shape index (κ3) is 6.16. The molecule has 0 bridgehead atoms. The van der Waals surface area contributed by atoms with Gasteiger partial charge in [0, 0.05) is 31.9 Å². The first-order valence-electron chi connectivity index (χ1n) is 11.7. The van der Waals surface area contributed by atoms with Crippen LogP contribution >= 0.6 is 22.9 Å². The second kappa shape index (κ2) is 11.1. The van der Waals surface area contributed by atoms with E-state index in [0.29, 0.717) is 42.8 Å². The summed E-state index contributed by atoms with van der Waals surface area (Å²) in [5.74, 6) is 0.874. The lowest BCUT2D eigenvalue weighted by Gasteiger charge is -2.36. The number of anilines is 2. The number of hydrogen-bond donors (Lipinski definition) is 1. The largest absolute Gasteiger partial charge is 0.483 e. The van der Waals surface area contributed by atoms with Crippen molar-refractivity contribution in [2.75, 3.05) is 43.0 Å². The van der Waals surface area contributed by atoms with E-state index in [1.54, 1.807) is 6.07 Å². The second-order valence-electron chi connectivity index (χ2n) is 8.96. The summed E-state index contributed by atoms with van der Waals surface area (Å²) in [6, 6.07) is 15.3. The molecule has 2 amide bonds. The monoisotopic (exact) mass is 511 g/mol. The third-order valence-corrected chi connectivity index (χ3v) is 7.18. The SMILES string of the molecule is Cc1ccc(C(C)C)c(OCC(=O)Nc2ccc(N3CCN(C(=O)c4cccs4)CC3)c(Cl)c2)c1. The molecule has 1 saturated heterocycles. The Morgan fingerprint density at radius 2 is 1.86 bits per heavy atom. The lowest BCUT2D eigenvalue weighted by molar-refractivity contribution is -0.118. The highest BCUT2D eigenvalue weighted by atomic mass is 35.5. The molecule has 1 aliphatic heterocycles. The summed E-state index contributed by atoms with van der Waals surface area (Å²) in [5, 5.41) is 5.34. The van der Waals surface area contributed by atoms with Gasteiger partial charge in [0.15, 0.2) is 6.61 Å². The van der Waals surface area contributed by atoms with Crippen LogP contribution in [0.2, 0.25) is 5.02 Å². The van der Waals surface area contributed by atoms with Crippen LogP contribution in [0.15, 0.2) is 53.9 Å². The van der Waals surface area contributed by atoms with Crippen LogP contribution in [0.5, 0.6) is 5.75 Å². The van der Waals surface area contributed by atoms with Crippen molar-refractivity contribution in [1.82, 2.24) is 4.90 Å². The Balaban J connectivity index is 1.32. The van der Waals surface area contributed by atoms with Gasteiger partial charge in [0.2, 0.25) is 0 Å². The summed E-state index contributed by atoms with van der Waals surface area (Å²) in [6.45, 7) is 8.80. The number of ether oxygens (including phenoxy) is 1. The molecule has 0 unspecified atom stereocenters. The van der Waals surface area contributed by atoms with Crippen molar-refractivity contribution in [3.63, 3.8) is 0 Å². The van der Waals surface area contributed by atoms with Gasteiger partial charge in [-0.05, 0) is 59.7 Å². The number of nitrogens with zero attached hydrogens (tertiary/aromatic N) is 2. The number of halogens is 1. The number of rotatable bonds is 7. The third-order valence-electron chi connectivity index (χ3n) is 6.02. The maximum Gasteiger partial charge on any atom is 0.264 e. The van der Waals surface area contributed by atoms with E-state index in [0.717, 1.165) is 27.4 Å². The summed E-state index contributed by atoms with van der Waals surface area (Å²) < 4.78 is 5.83. The molecule has 0 aliphatic carbocycles. The Kier molecular flexibility index (Phi) is 7.98. The predicted molar refractivity (Wildman–Crippen MR) is 143 cm³/mol. The number of hydrogen-bond acceptors (Lipinski definition) is 5. The molecule has 4 rings (SSSR count). The Labute approximate surface area is 215 Å². The van der Waals surface area contributed by atoms with E-state index in [9.17, 15) is 9.59 Å². The molecule has 1 fully saturated rings. The van der Waals surface area contributed by atoms with Crippen LogP contribution in [0.25, 0.3) is 0 Å². The zero-order valence-electron chi connectivity index (χ0n) is 20.2. The second-order valence-corrected chi connectivity index (χ2v) is 10.3.